The Labute approximate surface area is 78.6 Å². The summed E-state index contributed by atoms with van der Waals surface area (Å²) in [6.07, 6.45) is 4.97. The highest BCUT2D eigenvalue weighted by atomic mass is 32.1. The molecule has 0 aromatic rings. The maximum atomic E-state index is 10.6. The summed E-state index contributed by atoms with van der Waals surface area (Å²) in [6, 6.07) is 0. The van der Waals surface area contributed by atoms with Gasteiger partial charge in [-0.1, -0.05) is 6.92 Å². The zero-order valence-electron chi connectivity index (χ0n) is 7.40. The first-order chi connectivity index (χ1) is 5.72. The van der Waals surface area contributed by atoms with E-state index in [2.05, 4.69) is 17.6 Å². The number of aliphatic imine (C=N–C) groups is 1. The van der Waals surface area contributed by atoms with Crippen LogP contribution in [-0.4, -0.2) is 29.3 Å². The summed E-state index contributed by atoms with van der Waals surface area (Å²) in [7, 11) is 0. The number of hydrogen-bond acceptors (Lipinski definition) is 3. The quantitative estimate of drug-likeness (QED) is 0.569. The van der Waals surface area contributed by atoms with Gasteiger partial charge in [0.05, 0.1) is 6.54 Å². The van der Waals surface area contributed by atoms with Crippen molar-refractivity contribution in [1.29, 1.82) is 0 Å². The van der Waals surface area contributed by atoms with E-state index in [4.69, 9.17) is 0 Å². The number of rotatable bonds is 0. The molecule has 68 valence electrons. The molecule has 1 aliphatic rings. The number of hydrogen-bond donors (Lipinski definition) is 1. The van der Waals surface area contributed by atoms with Gasteiger partial charge in [-0.2, -0.15) is 12.6 Å². The van der Waals surface area contributed by atoms with Crippen molar-refractivity contribution in [3.63, 3.8) is 0 Å². The molecule has 3 nitrogen and oxygen atoms in total. The van der Waals surface area contributed by atoms with Crippen molar-refractivity contribution < 1.29 is 4.79 Å². The van der Waals surface area contributed by atoms with E-state index in [0.29, 0.717) is 6.54 Å². The van der Waals surface area contributed by atoms with Crippen molar-refractivity contribution in [2.24, 2.45) is 4.99 Å². The van der Waals surface area contributed by atoms with Gasteiger partial charge in [-0.25, -0.2) is 0 Å². The number of carbonyl (C=O) groups excluding carboxylic acids is 1. The van der Waals surface area contributed by atoms with Crippen molar-refractivity contribution >= 4 is 24.8 Å². The lowest BCUT2D eigenvalue weighted by molar-refractivity contribution is -0.125. The molecule has 0 atom stereocenters. The van der Waals surface area contributed by atoms with Gasteiger partial charge in [0.15, 0.2) is 0 Å². The Morgan fingerprint density at radius 2 is 2.33 bits per heavy atom. The van der Waals surface area contributed by atoms with E-state index < -0.39 is 0 Å². The highest BCUT2D eigenvalue weighted by molar-refractivity contribution is 7.80. The summed E-state index contributed by atoms with van der Waals surface area (Å²) in [5.41, 5.74) is 0. The molecule has 1 amide bonds. The third-order valence-corrected chi connectivity index (χ3v) is 1.12. The number of nitrogens with zero attached hydrogens (tertiary/aromatic N) is 2. The Bertz CT molecular complexity index is 189. The average molecular weight is 186 g/mol. The monoisotopic (exact) mass is 186 g/mol. The average Bonchev–Trinajstić information content (AvgIpc) is 2.07. The van der Waals surface area contributed by atoms with Crippen molar-refractivity contribution in [1.82, 2.24) is 4.90 Å². The lowest BCUT2D eigenvalue weighted by Gasteiger charge is -2.14. The van der Waals surface area contributed by atoms with Gasteiger partial charge in [-0.3, -0.25) is 9.79 Å². The lowest BCUT2D eigenvalue weighted by Crippen LogP contribution is -2.25. The van der Waals surface area contributed by atoms with Crippen LogP contribution >= 0.6 is 12.6 Å². The van der Waals surface area contributed by atoms with Crippen molar-refractivity contribution in [3.8, 4) is 0 Å². The third-order valence-electron chi connectivity index (χ3n) is 1.12. The molecular formula is C8H14N2OS. The minimum atomic E-state index is 0.0531. The van der Waals surface area contributed by atoms with E-state index in [1.807, 2.05) is 6.92 Å². The maximum absolute atomic E-state index is 10.6. The second-order valence-electron chi connectivity index (χ2n) is 2.12. The topological polar surface area (TPSA) is 32.7 Å². The van der Waals surface area contributed by atoms with E-state index >= 15 is 0 Å². The summed E-state index contributed by atoms with van der Waals surface area (Å²) in [4.78, 5) is 16.0. The molecular weight excluding hydrogens is 172 g/mol. The summed E-state index contributed by atoms with van der Waals surface area (Å²) in [6.45, 7) is 4.12. The molecule has 0 N–H and O–H groups in total. The molecule has 0 spiro atoms. The first kappa shape index (κ1) is 11.2. The molecule has 0 aromatic heterocycles. The van der Waals surface area contributed by atoms with E-state index in [1.165, 1.54) is 6.92 Å². The molecule has 0 aromatic carbocycles. The summed E-state index contributed by atoms with van der Waals surface area (Å²) >= 11 is 3.79. The van der Waals surface area contributed by atoms with Crippen molar-refractivity contribution in [2.45, 2.75) is 13.8 Å². The molecule has 0 unspecified atom stereocenters. The normalized spacial score (nSPS) is 13.8. The highest BCUT2D eigenvalue weighted by Crippen LogP contribution is 1.93. The zero-order valence-corrected chi connectivity index (χ0v) is 8.29. The molecule has 1 aliphatic heterocycles. The lowest BCUT2D eigenvalue weighted by atomic mass is 10.5. The fourth-order valence-electron chi connectivity index (χ4n) is 0.609. The van der Waals surface area contributed by atoms with Gasteiger partial charge in [0.1, 0.15) is 0 Å². The number of amides is 1. The number of thiol groups is 1. The Hall–Kier alpha value is -0.770. The van der Waals surface area contributed by atoms with E-state index in [0.717, 1.165) is 5.75 Å². The standard InChI is InChI=1S/C6H8N2O.C2H6S/c1-6(9)8-4-2-7-3-5-8;1-2-3/h2-4H,5H2,1H3;3H,2H2,1H3. The van der Waals surface area contributed by atoms with Crippen LogP contribution in [0.15, 0.2) is 17.4 Å². The molecule has 0 saturated heterocycles. The first-order valence-corrected chi connectivity index (χ1v) is 4.42. The van der Waals surface area contributed by atoms with Gasteiger partial charge < -0.3 is 4.90 Å². The SMILES string of the molecule is CC(=O)N1C=CN=CC1.CCS. The van der Waals surface area contributed by atoms with E-state index in [1.54, 1.807) is 23.5 Å². The van der Waals surface area contributed by atoms with Crippen LogP contribution in [0.4, 0.5) is 0 Å². The van der Waals surface area contributed by atoms with Crippen LogP contribution in [0.5, 0.6) is 0 Å². The van der Waals surface area contributed by atoms with Gasteiger partial charge in [0.2, 0.25) is 5.91 Å². The molecule has 0 radical (unpaired) electrons. The van der Waals surface area contributed by atoms with Crippen molar-refractivity contribution in [3.05, 3.63) is 12.4 Å². The molecule has 0 bridgehead atoms. The predicted molar refractivity (Wildman–Crippen MR) is 54.5 cm³/mol. The van der Waals surface area contributed by atoms with Crippen LogP contribution in [0.3, 0.4) is 0 Å². The summed E-state index contributed by atoms with van der Waals surface area (Å²) in [5, 5.41) is 0. The second kappa shape index (κ2) is 6.91. The van der Waals surface area contributed by atoms with Crippen LogP contribution in [0.1, 0.15) is 13.8 Å². The van der Waals surface area contributed by atoms with Gasteiger partial charge in [-0.05, 0) is 5.75 Å². The first-order valence-electron chi connectivity index (χ1n) is 3.78. The Kier molecular flexibility index (Phi) is 6.47. The maximum Gasteiger partial charge on any atom is 0.223 e. The van der Waals surface area contributed by atoms with Crippen molar-refractivity contribution in [2.75, 3.05) is 12.3 Å². The van der Waals surface area contributed by atoms with Crippen LogP contribution < -0.4 is 0 Å². The van der Waals surface area contributed by atoms with E-state index in [-0.39, 0.29) is 5.91 Å². The van der Waals surface area contributed by atoms with Crippen LogP contribution in [-0.2, 0) is 4.79 Å². The molecule has 0 fully saturated rings. The highest BCUT2D eigenvalue weighted by Gasteiger charge is 2.02. The van der Waals surface area contributed by atoms with Crippen LogP contribution in [0.2, 0.25) is 0 Å². The second-order valence-corrected chi connectivity index (χ2v) is 2.75. The van der Waals surface area contributed by atoms with Crippen LogP contribution in [0, 0.1) is 0 Å². The largest absolute Gasteiger partial charge is 0.312 e. The smallest absolute Gasteiger partial charge is 0.223 e. The van der Waals surface area contributed by atoms with Gasteiger partial charge in [-0.15, -0.1) is 0 Å². The molecule has 1 heterocycles. The van der Waals surface area contributed by atoms with Crippen LogP contribution in [0.25, 0.3) is 0 Å². The molecule has 1 rings (SSSR count). The Balaban J connectivity index is 0.000000354. The zero-order chi connectivity index (χ0) is 9.40. The van der Waals surface area contributed by atoms with Gasteiger partial charge in [0.25, 0.3) is 0 Å². The molecule has 0 aliphatic carbocycles. The minimum Gasteiger partial charge on any atom is -0.312 e. The fourth-order valence-corrected chi connectivity index (χ4v) is 0.609. The Morgan fingerprint density at radius 1 is 1.75 bits per heavy atom. The van der Waals surface area contributed by atoms with E-state index in [9.17, 15) is 4.79 Å². The molecule has 0 saturated carbocycles. The van der Waals surface area contributed by atoms with Gasteiger partial charge in [0, 0.05) is 25.5 Å². The predicted octanol–water partition coefficient (Wildman–Crippen LogP) is 1.33. The molecule has 4 heteroatoms. The Morgan fingerprint density at radius 3 is 2.58 bits per heavy atom. The third kappa shape index (κ3) is 4.96. The fraction of sp³-hybridized carbons (Fsp3) is 0.500. The molecule has 12 heavy (non-hydrogen) atoms. The summed E-state index contributed by atoms with van der Waals surface area (Å²) < 4.78 is 0. The summed E-state index contributed by atoms with van der Waals surface area (Å²) in [5.74, 6) is 0.998. The minimum absolute atomic E-state index is 0.0531. The number of carbonyl (C=O) groups is 1. The van der Waals surface area contributed by atoms with Gasteiger partial charge >= 0.3 is 0 Å².